The zero-order chi connectivity index (χ0) is 15.8. The van der Waals surface area contributed by atoms with Crippen LogP contribution in [0.25, 0.3) is 0 Å². The van der Waals surface area contributed by atoms with Gasteiger partial charge in [-0.15, -0.1) is 0 Å². The smallest absolute Gasteiger partial charge is 0.376 e. The summed E-state index contributed by atoms with van der Waals surface area (Å²) in [5.74, 6) is -2.09. The molecule has 0 aliphatic carbocycles. The molecule has 0 aliphatic rings. The molecule has 2 aromatic rings. The zero-order valence-electron chi connectivity index (χ0n) is 11.2. The fourth-order valence-electron chi connectivity index (χ4n) is 1.02. The Bertz CT molecular complexity index is 613. The molecule has 0 aliphatic heterocycles. The zero-order valence-corrected chi connectivity index (χ0v) is 11.2. The minimum absolute atomic E-state index is 0.0955. The number of hydrogen-bond donors (Lipinski definition) is 2. The van der Waals surface area contributed by atoms with Crippen LogP contribution >= 0.6 is 0 Å². The van der Waals surface area contributed by atoms with Crippen LogP contribution in [-0.2, 0) is 4.74 Å². The van der Waals surface area contributed by atoms with E-state index in [4.69, 9.17) is 10.2 Å². The number of aromatic nitrogens is 4. The molecule has 0 aromatic carbocycles. The lowest BCUT2D eigenvalue weighted by molar-refractivity contribution is 0.0585. The molecule has 9 heteroatoms. The quantitative estimate of drug-likeness (QED) is 0.756. The van der Waals surface area contributed by atoms with E-state index < -0.39 is 11.9 Å². The fraction of sp³-hybridized carbons (Fsp3) is 0.167. The summed E-state index contributed by atoms with van der Waals surface area (Å²) in [5, 5.41) is 16.9. The third kappa shape index (κ3) is 5.19. The van der Waals surface area contributed by atoms with Gasteiger partial charge in [-0.1, -0.05) is 0 Å². The summed E-state index contributed by atoms with van der Waals surface area (Å²) in [7, 11) is 1.30. The molecule has 2 rings (SSSR count). The molecule has 0 amide bonds. The lowest BCUT2D eigenvalue weighted by Crippen LogP contribution is -2.06. The van der Waals surface area contributed by atoms with Gasteiger partial charge < -0.3 is 14.9 Å². The van der Waals surface area contributed by atoms with Gasteiger partial charge in [-0.3, -0.25) is 0 Å². The number of methoxy groups -OCH3 is 1. The third-order valence-electron chi connectivity index (χ3n) is 1.98. The molecule has 0 bridgehead atoms. The van der Waals surface area contributed by atoms with Crippen LogP contribution in [-0.4, -0.2) is 49.2 Å². The second-order valence-corrected chi connectivity index (χ2v) is 3.65. The third-order valence-corrected chi connectivity index (χ3v) is 1.98. The maximum atomic E-state index is 10.8. The van der Waals surface area contributed by atoms with Crippen LogP contribution in [0.5, 0.6) is 5.75 Å². The van der Waals surface area contributed by atoms with Crippen molar-refractivity contribution in [3.8, 4) is 5.75 Å². The number of nitrogens with zero attached hydrogens (tertiary/aromatic N) is 4. The van der Waals surface area contributed by atoms with E-state index >= 15 is 0 Å². The van der Waals surface area contributed by atoms with Gasteiger partial charge in [0.2, 0.25) is 11.6 Å². The largest absolute Gasteiger partial charge is 0.505 e. The first kappa shape index (κ1) is 16.0. The monoisotopic (exact) mass is 292 g/mol. The molecule has 0 saturated heterocycles. The molecule has 0 unspecified atom stereocenters. The average Bonchev–Trinajstić information content (AvgIpc) is 2.48. The Morgan fingerprint density at radius 2 is 1.48 bits per heavy atom. The minimum Gasteiger partial charge on any atom is -0.505 e. The van der Waals surface area contributed by atoms with Gasteiger partial charge in [-0.25, -0.2) is 29.5 Å². The maximum absolute atomic E-state index is 10.8. The van der Waals surface area contributed by atoms with Crippen molar-refractivity contribution in [3.63, 3.8) is 0 Å². The summed E-state index contributed by atoms with van der Waals surface area (Å²) in [6.45, 7) is 1.85. The van der Waals surface area contributed by atoms with E-state index in [-0.39, 0.29) is 17.4 Å². The number of carbonyl (C=O) groups excluding carboxylic acids is 1. The normalized spacial score (nSPS) is 9.24. The Balaban J connectivity index is 0.000000211. The van der Waals surface area contributed by atoms with E-state index in [1.807, 2.05) is 6.92 Å². The van der Waals surface area contributed by atoms with E-state index in [2.05, 4.69) is 24.7 Å². The highest BCUT2D eigenvalue weighted by Crippen LogP contribution is 2.01. The number of ether oxygens (including phenoxy) is 1. The van der Waals surface area contributed by atoms with Crippen molar-refractivity contribution < 1.29 is 24.5 Å². The molecule has 0 atom stereocenters. The predicted molar refractivity (Wildman–Crippen MR) is 68.8 cm³/mol. The van der Waals surface area contributed by atoms with Crippen molar-refractivity contribution in [2.24, 2.45) is 0 Å². The van der Waals surface area contributed by atoms with Gasteiger partial charge in [0.15, 0.2) is 5.75 Å². The van der Waals surface area contributed by atoms with Crippen molar-refractivity contribution >= 4 is 11.9 Å². The lowest BCUT2D eigenvalue weighted by Gasteiger charge is -1.95. The Kier molecular flexibility index (Phi) is 5.68. The standard InChI is InChI=1S/C7H8N2O2.C5H4N2O3/c1-5-3-8-6(9-4-5)7(10)11-2;8-3-1-6-4(5(9)10)7-2-3/h3-4H,1-2H3;1-2,8H,(H,9,10). The van der Waals surface area contributed by atoms with Crippen LogP contribution < -0.4 is 0 Å². The van der Waals surface area contributed by atoms with Crippen molar-refractivity contribution in [1.29, 1.82) is 0 Å². The summed E-state index contributed by atoms with van der Waals surface area (Å²) >= 11 is 0. The molecule has 2 heterocycles. The van der Waals surface area contributed by atoms with E-state index in [1.54, 1.807) is 12.4 Å². The second-order valence-electron chi connectivity index (χ2n) is 3.65. The van der Waals surface area contributed by atoms with Gasteiger partial charge >= 0.3 is 11.9 Å². The molecule has 9 nitrogen and oxygen atoms in total. The summed E-state index contributed by atoms with van der Waals surface area (Å²) in [4.78, 5) is 35.0. The first-order valence-corrected chi connectivity index (χ1v) is 5.55. The Labute approximate surface area is 119 Å². The van der Waals surface area contributed by atoms with Gasteiger partial charge in [0, 0.05) is 12.4 Å². The number of carbonyl (C=O) groups is 2. The van der Waals surface area contributed by atoms with Crippen LogP contribution in [0.4, 0.5) is 0 Å². The molecule has 2 aromatic heterocycles. The number of aromatic hydroxyl groups is 1. The number of hydrogen-bond acceptors (Lipinski definition) is 8. The number of aromatic carboxylic acids is 1. The number of esters is 1. The van der Waals surface area contributed by atoms with E-state index in [0.717, 1.165) is 18.0 Å². The highest BCUT2D eigenvalue weighted by molar-refractivity contribution is 5.84. The van der Waals surface area contributed by atoms with Crippen LogP contribution in [0.1, 0.15) is 26.8 Å². The number of rotatable bonds is 2. The van der Waals surface area contributed by atoms with Gasteiger partial charge in [0.1, 0.15) is 0 Å². The summed E-state index contributed by atoms with van der Waals surface area (Å²) in [6.07, 6.45) is 5.19. The molecular formula is C12H12N4O5. The van der Waals surface area contributed by atoms with Crippen molar-refractivity contribution in [2.45, 2.75) is 6.92 Å². The average molecular weight is 292 g/mol. The molecular weight excluding hydrogens is 280 g/mol. The molecule has 0 saturated carbocycles. The fourth-order valence-corrected chi connectivity index (χ4v) is 1.02. The van der Waals surface area contributed by atoms with Crippen LogP contribution in [0, 0.1) is 6.92 Å². The van der Waals surface area contributed by atoms with E-state index in [0.29, 0.717) is 0 Å². The molecule has 21 heavy (non-hydrogen) atoms. The maximum Gasteiger partial charge on any atom is 0.376 e. The highest BCUT2D eigenvalue weighted by atomic mass is 16.5. The summed E-state index contributed by atoms with van der Waals surface area (Å²) in [6, 6.07) is 0. The van der Waals surface area contributed by atoms with Crippen LogP contribution in [0.15, 0.2) is 24.8 Å². The molecule has 2 N–H and O–H groups in total. The van der Waals surface area contributed by atoms with Crippen LogP contribution in [0.2, 0.25) is 0 Å². The van der Waals surface area contributed by atoms with E-state index in [1.165, 1.54) is 7.11 Å². The number of carboxylic acid groups (broad SMARTS) is 1. The SMILES string of the molecule is COC(=O)c1ncc(C)cn1.O=C(O)c1ncc(O)cn1. The molecule has 0 spiro atoms. The Hall–Kier alpha value is -3.10. The first-order valence-electron chi connectivity index (χ1n) is 5.55. The Morgan fingerprint density at radius 1 is 1.00 bits per heavy atom. The van der Waals surface area contributed by atoms with Crippen molar-refractivity contribution in [3.05, 3.63) is 42.0 Å². The number of carboxylic acids is 1. The summed E-state index contributed by atoms with van der Waals surface area (Å²) in [5.41, 5.74) is 0.914. The van der Waals surface area contributed by atoms with Gasteiger partial charge in [-0.05, 0) is 12.5 Å². The van der Waals surface area contributed by atoms with Gasteiger partial charge in [0.05, 0.1) is 19.5 Å². The van der Waals surface area contributed by atoms with Crippen molar-refractivity contribution in [2.75, 3.05) is 7.11 Å². The first-order chi connectivity index (χ1) is 9.93. The number of aryl methyl sites for hydroxylation is 1. The minimum atomic E-state index is -1.21. The second kappa shape index (κ2) is 7.48. The molecule has 0 fully saturated rings. The Morgan fingerprint density at radius 3 is 1.90 bits per heavy atom. The topological polar surface area (TPSA) is 135 Å². The lowest BCUT2D eigenvalue weighted by atomic mass is 10.4. The molecule has 0 radical (unpaired) electrons. The van der Waals surface area contributed by atoms with Crippen molar-refractivity contribution in [1.82, 2.24) is 19.9 Å². The summed E-state index contributed by atoms with van der Waals surface area (Å²) < 4.78 is 4.41. The predicted octanol–water partition coefficient (Wildman–Crippen LogP) is 0.452. The van der Waals surface area contributed by atoms with Gasteiger partial charge in [-0.2, -0.15) is 0 Å². The van der Waals surface area contributed by atoms with Gasteiger partial charge in [0.25, 0.3) is 0 Å². The molecule has 110 valence electrons. The van der Waals surface area contributed by atoms with E-state index in [9.17, 15) is 9.59 Å². The van der Waals surface area contributed by atoms with Crippen LogP contribution in [0.3, 0.4) is 0 Å². The highest BCUT2D eigenvalue weighted by Gasteiger charge is 2.06.